The van der Waals surface area contributed by atoms with Crippen LogP contribution in [0.3, 0.4) is 0 Å². The van der Waals surface area contributed by atoms with Gasteiger partial charge in [-0.05, 0) is 36.8 Å². The van der Waals surface area contributed by atoms with E-state index in [1.807, 2.05) is 0 Å². The normalized spacial score (nSPS) is 20.4. The maximum atomic E-state index is 10.8. The van der Waals surface area contributed by atoms with Crippen LogP contribution in [0, 0.1) is 10.1 Å². The van der Waals surface area contributed by atoms with Crippen LogP contribution >= 0.6 is 46.4 Å². The van der Waals surface area contributed by atoms with Crippen molar-refractivity contribution in [3.63, 3.8) is 0 Å². The predicted molar refractivity (Wildman–Crippen MR) is 107 cm³/mol. The fraction of sp³-hybridized carbons (Fsp3) is 0.250. The molecule has 11 heteroatoms. The molecule has 6 nitrogen and oxygen atoms in total. The molecular formula is C16H13Cl4NO5S. The monoisotopic (exact) mass is 471 g/mol. The van der Waals surface area contributed by atoms with Gasteiger partial charge in [-0.1, -0.05) is 23.2 Å². The molecule has 2 unspecified atom stereocenters. The van der Waals surface area contributed by atoms with E-state index in [9.17, 15) is 18.5 Å². The number of hydrogen-bond acceptors (Lipinski definition) is 5. The van der Waals surface area contributed by atoms with Gasteiger partial charge in [0.15, 0.2) is 14.5 Å². The Kier molecular flexibility index (Phi) is 7.59. The van der Waals surface area contributed by atoms with Crippen LogP contribution in [0.5, 0.6) is 11.5 Å². The number of alkyl halides is 2. The van der Waals surface area contributed by atoms with Gasteiger partial charge in [-0.15, -0.1) is 23.2 Å². The van der Waals surface area contributed by atoms with Crippen LogP contribution in [0.25, 0.3) is 0 Å². The molecule has 146 valence electrons. The highest BCUT2D eigenvalue weighted by Gasteiger charge is 2.37. The van der Waals surface area contributed by atoms with Crippen molar-refractivity contribution < 1.29 is 18.1 Å². The van der Waals surface area contributed by atoms with E-state index in [1.54, 1.807) is 18.2 Å². The van der Waals surface area contributed by atoms with Crippen LogP contribution in [0.1, 0.15) is 6.42 Å². The maximum absolute atomic E-state index is 10.8. The molecule has 2 atom stereocenters. The molecule has 0 N–H and O–H groups in total. The van der Waals surface area contributed by atoms with Crippen LogP contribution < -0.4 is 4.74 Å². The van der Waals surface area contributed by atoms with Crippen molar-refractivity contribution in [1.82, 2.24) is 0 Å². The van der Waals surface area contributed by atoms with Gasteiger partial charge >= 0.3 is 0 Å². The minimum absolute atomic E-state index is 0.00422. The van der Waals surface area contributed by atoms with E-state index in [1.165, 1.54) is 24.3 Å². The van der Waals surface area contributed by atoms with Crippen molar-refractivity contribution in [2.45, 2.75) is 16.5 Å². The fourth-order valence-corrected chi connectivity index (χ4v) is 5.01. The lowest BCUT2D eigenvalue weighted by Gasteiger charge is -2.07. The highest BCUT2D eigenvalue weighted by molar-refractivity contribution is 7.93. The summed E-state index contributed by atoms with van der Waals surface area (Å²) in [4.78, 5) is 10.0. The summed E-state index contributed by atoms with van der Waals surface area (Å²) in [5.41, 5.74) is 0.00422. The lowest BCUT2D eigenvalue weighted by molar-refractivity contribution is -0.384. The Labute approximate surface area is 176 Å². The molecule has 0 aromatic heterocycles. The summed E-state index contributed by atoms with van der Waals surface area (Å²) in [5, 5.41) is 11.0. The maximum Gasteiger partial charge on any atom is 0.269 e. The zero-order chi connectivity index (χ0) is 20.2. The van der Waals surface area contributed by atoms with E-state index in [0.29, 0.717) is 28.0 Å². The van der Waals surface area contributed by atoms with Crippen molar-refractivity contribution in [2.75, 3.05) is 5.75 Å². The second-order valence-corrected chi connectivity index (χ2v) is 9.83. The summed E-state index contributed by atoms with van der Waals surface area (Å²) in [7, 11) is -3.04. The van der Waals surface area contributed by atoms with Gasteiger partial charge in [0.1, 0.15) is 11.5 Å². The molecule has 27 heavy (non-hydrogen) atoms. The molecule has 0 spiro atoms. The molecule has 1 aliphatic heterocycles. The van der Waals surface area contributed by atoms with Crippen molar-refractivity contribution in [1.29, 1.82) is 0 Å². The van der Waals surface area contributed by atoms with Gasteiger partial charge in [-0.2, -0.15) is 0 Å². The van der Waals surface area contributed by atoms with E-state index in [4.69, 9.17) is 51.1 Å². The first-order valence-corrected chi connectivity index (χ1v) is 10.8. The quantitative estimate of drug-likeness (QED) is 0.326. The van der Waals surface area contributed by atoms with E-state index in [2.05, 4.69) is 0 Å². The van der Waals surface area contributed by atoms with Crippen molar-refractivity contribution in [3.8, 4) is 11.5 Å². The molecule has 0 bridgehead atoms. The molecule has 2 aromatic rings. The molecule has 1 saturated heterocycles. The molecule has 0 radical (unpaired) electrons. The molecular weight excluding hydrogens is 460 g/mol. The number of nitro groups is 1. The first-order chi connectivity index (χ1) is 12.6. The van der Waals surface area contributed by atoms with Gasteiger partial charge in [0.25, 0.3) is 5.69 Å². The standard InChI is InChI=1S/C12H7Cl2NO3.C4H6Cl2O2S/c13-8-1-6-12(11(14)7-8)18-10-4-2-9(3-5-10)15(16)17;5-3-1-2-9(7,8)4(3)6/h1-7H;3-4H,1-2H2. The second-order valence-electron chi connectivity index (χ2n) is 5.45. The fourth-order valence-electron chi connectivity index (χ4n) is 2.07. The largest absolute Gasteiger partial charge is 0.456 e. The molecule has 1 aliphatic rings. The molecule has 0 saturated carbocycles. The van der Waals surface area contributed by atoms with Crippen molar-refractivity contribution in [3.05, 3.63) is 62.6 Å². The Morgan fingerprint density at radius 2 is 1.70 bits per heavy atom. The highest BCUT2D eigenvalue weighted by Crippen LogP contribution is 2.32. The summed E-state index contributed by atoms with van der Waals surface area (Å²) in [6.07, 6.45) is 0.484. The van der Waals surface area contributed by atoms with Gasteiger partial charge in [-0.25, -0.2) is 8.42 Å². The average Bonchev–Trinajstić information content (AvgIpc) is 2.85. The van der Waals surface area contributed by atoms with E-state index >= 15 is 0 Å². The predicted octanol–water partition coefficient (Wildman–Crippen LogP) is 5.67. The minimum atomic E-state index is -3.04. The van der Waals surface area contributed by atoms with Gasteiger partial charge < -0.3 is 4.74 Å². The van der Waals surface area contributed by atoms with Gasteiger partial charge in [0.05, 0.1) is 21.1 Å². The first kappa shape index (κ1) is 22.0. The number of ether oxygens (including phenoxy) is 1. The van der Waals surface area contributed by atoms with E-state index in [-0.39, 0.29) is 11.4 Å². The Balaban J connectivity index is 0.000000244. The molecule has 1 fully saturated rings. The lowest BCUT2D eigenvalue weighted by atomic mass is 10.3. The Morgan fingerprint density at radius 1 is 1.07 bits per heavy atom. The highest BCUT2D eigenvalue weighted by atomic mass is 35.5. The average molecular weight is 473 g/mol. The van der Waals surface area contributed by atoms with E-state index < -0.39 is 24.8 Å². The summed E-state index contributed by atoms with van der Waals surface area (Å²) in [6, 6.07) is 10.6. The third-order valence-electron chi connectivity index (χ3n) is 3.47. The van der Waals surface area contributed by atoms with Gasteiger partial charge in [-0.3, -0.25) is 10.1 Å². The topological polar surface area (TPSA) is 86.5 Å². The third-order valence-corrected chi connectivity index (χ3v) is 7.69. The smallest absolute Gasteiger partial charge is 0.269 e. The Bertz CT molecular complexity index is 921. The van der Waals surface area contributed by atoms with Crippen molar-refractivity contribution >= 4 is 61.9 Å². The van der Waals surface area contributed by atoms with Gasteiger partial charge in [0.2, 0.25) is 0 Å². The van der Waals surface area contributed by atoms with Crippen molar-refractivity contribution in [2.24, 2.45) is 0 Å². The second kappa shape index (κ2) is 9.30. The SMILES string of the molecule is O=S1(=O)CCC(Cl)C1Cl.O=[N+]([O-])c1ccc(Oc2ccc(Cl)cc2Cl)cc1. The number of sulfone groups is 1. The van der Waals surface area contributed by atoms with Crippen LogP contribution in [0.2, 0.25) is 10.0 Å². The number of nitro benzene ring substituents is 1. The number of hydrogen-bond donors (Lipinski definition) is 0. The van der Waals surface area contributed by atoms with Crippen LogP contribution in [0.15, 0.2) is 42.5 Å². The summed E-state index contributed by atoms with van der Waals surface area (Å²) < 4.78 is 26.1. The summed E-state index contributed by atoms with van der Waals surface area (Å²) in [5.74, 6) is 1.04. The summed E-state index contributed by atoms with van der Waals surface area (Å²) in [6.45, 7) is 0. The Morgan fingerprint density at radius 3 is 2.11 bits per heavy atom. The van der Waals surface area contributed by atoms with Crippen LogP contribution in [-0.2, 0) is 9.84 Å². The third kappa shape index (κ3) is 6.12. The molecule has 0 amide bonds. The number of non-ortho nitro benzene ring substituents is 1. The minimum Gasteiger partial charge on any atom is -0.456 e. The number of rotatable bonds is 3. The van der Waals surface area contributed by atoms with Gasteiger partial charge in [0, 0.05) is 17.2 Å². The number of benzene rings is 2. The molecule has 2 aromatic carbocycles. The van der Waals surface area contributed by atoms with Crippen LogP contribution in [0.4, 0.5) is 5.69 Å². The molecule has 1 heterocycles. The summed E-state index contributed by atoms with van der Waals surface area (Å²) >= 11 is 22.7. The lowest BCUT2D eigenvalue weighted by Crippen LogP contribution is -2.14. The number of halogens is 4. The zero-order valence-electron chi connectivity index (χ0n) is 13.5. The van der Waals surface area contributed by atoms with Crippen LogP contribution in [-0.4, -0.2) is 29.2 Å². The molecule has 3 rings (SSSR count). The van der Waals surface area contributed by atoms with E-state index in [0.717, 1.165) is 0 Å². The zero-order valence-corrected chi connectivity index (χ0v) is 17.4. The Hall–Kier alpha value is -1.25. The molecule has 0 aliphatic carbocycles. The first-order valence-electron chi connectivity index (χ1n) is 7.47. The number of nitrogens with zero attached hydrogens (tertiary/aromatic N) is 1.